The molecule has 3 aromatic rings. The fourth-order valence-corrected chi connectivity index (χ4v) is 3.68. The van der Waals surface area contributed by atoms with Gasteiger partial charge in [0.05, 0.1) is 5.25 Å². The van der Waals surface area contributed by atoms with E-state index < -0.39 is 28.5 Å². The number of halogens is 2. The smallest absolute Gasteiger partial charge is 0.237 e. The van der Waals surface area contributed by atoms with Crippen LogP contribution in [0.1, 0.15) is 25.8 Å². The van der Waals surface area contributed by atoms with Crippen LogP contribution in [0.3, 0.4) is 0 Å². The number of hydrogen-bond acceptors (Lipinski definition) is 5. The number of thioether (sulfide) groups is 1. The number of aromatic nitrogens is 4. The molecule has 6 nitrogen and oxygen atoms in total. The minimum Gasteiger partial charge on any atom is -0.320 e. The van der Waals surface area contributed by atoms with Gasteiger partial charge < -0.3 is 5.32 Å². The van der Waals surface area contributed by atoms with Crippen molar-refractivity contribution in [1.82, 2.24) is 19.7 Å². The molecule has 2 aromatic heterocycles. The predicted molar refractivity (Wildman–Crippen MR) is 102 cm³/mol. The number of nitrogens with one attached hydrogen (secondary N) is 1. The number of rotatable bonds is 6. The number of nitrogens with zero attached hydrogens (tertiary/aromatic N) is 4. The summed E-state index contributed by atoms with van der Waals surface area (Å²) in [5.74, 6) is -1.44. The Bertz CT molecular complexity index is 987. The number of hydrogen-bond donors (Lipinski definition) is 1. The van der Waals surface area contributed by atoms with Crippen molar-refractivity contribution in [2.45, 2.75) is 36.2 Å². The summed E-state index contributed by atoms with van der Waals surface area (Å²) in [6.07, 6.45) is 5.43. The summed E-state index contributed by atoms with van der Waals surface area (Å²) in [4.78, 5) is 16.6. The molecule has 0 aliphatic heterocycles. The molecule has 1 atom stereocenters. The van der Waals surface area contributed by atoms with Crippen LogP contribution in [-0.4, -0.2) is 30.9 Å². The van der Waals surface area contributed by atoms with Gasteiger partial charge >= 0.3 is 0 Å². The highest BCUT2D eigenvalue weighted by Gasteiger charge is 2.31. The molecular weight excluding hydrogens is 384 g/mol. The molecule has 1 aliphatic rings. The summed E-state index contributed by atoms with van der Waals surface area (Å²) in [7, 11) is 0. The fraction of sp³-hybridized carbons (Fsp3) is 0.263. The van der Waals surface area contributed by atoms with Gasteiger partial charge in [-0.15, -0.1) is 10.2 Å². The molecule has 2 heterocycles. The summed E-state index contributed by atoms with van der Waals surface area (Å²) in [6, 6.07) is 7.46. The second kappa shape index (κ2) is 7.67. The van der Waals surface area contributed by atoms with Crippen LogP contribution in [0.4, 0.5) is 14.5 Å². The molecule has 0 unspecified atom stereocenters. The Labute approximate surface area is 164 Å². The minimum atomic E-state index is -0.814. The van der Waals surface area contributed by atoms with Crippen LogP contribution in [0.2, 0.25) is 0 Å². The van der Waals surface area contributed by atoms with Gasteiger partial charge in [-0.2, -0.15) is 0 Å². The molecule has 0 spiro atoms. The van der Waals surface area contributed by atoms with E-state index in [1.165, 1.54) is 17.8 Å². The van der Waals surface area contributed by atoms with Crippen molar-refractivity contribution >= 4 is 23.4 Å². The third-order valence-corrected chi connectivity index (χ3v) is 5.42. The molecule has 1 amide bonds. The third kappa shape index (κ3) is 3.75. The second-order valence-corrected chi connectivity index (χ2v) is 7.80. The van der Waals surface area contributed by atoms with Crippen LogP contribution >= 0.6 is 11.8 Å². The Morgan fingerprint density at radius 1 is 1.21 bits per heavy atom. The topological polar surface area (TPSA) is 72.7 Å². The van der Waals surface area contributed by atoms with E-state index in [1.807, 2.05) is 16.7 Å². The quantitative estimate of drug-likeness (QED) is 0.631. The number of amides is 1. The maximum absolute atomic E-state index is 13.8. The van der Waals surface area contributed by atoms with Crippen LogP contribution in [0.15, 0.2) is 47.9 Å². The molecule has 9 heteroatoms. The molecule has 28 heavy (non-hydrogen) atoms. The molecule has 1 aliphatic carbocycles. The Morgan fingerprint density at radius 2 is 1.96 bits per heavy atom. The summed E-state index contributed by atoms with van der Waals surface area (Å²) in [5.41, 5.74) is 0.402. The normalized spacial score (nSPS) is 14.7. The number of carbonyl (C=O) groups excluding carboxylic acids is 1. The van der Waals surface area contributed by atoms with E-state index in [-0.39, 0.29) is 6.04 Å². The van der Waals surface area contributed by atoms with E-state index in [4.69, 9.17) is 0 Å². The van der Waals surface area contributed by atoms with E-state index >= 15 is 0 Å². The maximum atomic E-state index is 13.8. The Morgan fingerprint density at radius 3 is 2.61 bits per heavy atom. The van der Waals surface area contributed by atoms with Crippen molar-refractivity contribution in [3.63, 3.8) is 0 Å². The van der Waals surface area contributed by atoms with Crippen molar-refractivity contribution in [2.75, 3.05) is 5.32 Å². The largest absolute Gasteiger partial charge is 0.320 e. The van der Waals surface area contributed by atoms with Crippen molar-refractivity contribution in [1.29, 1.82) is 0 Å². The first kappa shape index (κ1) is 18.5. The van der Waals surface area contributed by atoms with Gasteiger partial charge in [0, 0.05) is 24.0 Å². The lowest BCUT2D eigenvalue weighted by molar-refractivity contribution is -0.115. The Kier molecular flexibility index (Phi) is 5.08. The van der Waals surface area contributed by atoms with E-state index in [0.717, 1.165) is 30.5 Å². The van der Waals surface area contributed by atoms with Gasteiger partial charge in [-0.25, -0.2) is 8.78 Å². The monoisotopic (exact) mass is 401 g/mol. The highest BCUT2D eigenvalue weighted by Crippen LogP contribution is 2.41. The highest BCUT2D eigenvalue weighted by molar-refractivity contribution is 8.00. The van der Waals surface area contributed by atoms with Crippen LogP contribution in [0.5, 0.6) is 0 Å². The molecular formula is C19H17F2N5OS. The van der Waals surface area contributed by atoms with E-state index in [2.05, 4.69) is 20.5 Å². The van der Waals surface area contributed by atoms with E-state index in [1.54, 1.807) is 19.3 Å². The number of carbonyl (C=O) groups is 1. The lowest BCUT2D eigenvalue weighted by Gasteiger charge is -2.14. The van der Waals surface area contributed by atoms with Crippen LogP contribution < -0.4 is 5.32 Å². The highest BCUT2D eigenvalue weighted by atomic mass is 32.2. The first-order chi connectivity index (χ1) is 13.5. The standard InChI is InChI=1S/C19H17F2N5OS/c1-11(18(27)23-16-14(20)5-2-6-15(16)21)28-19-25-24-17(26(19)13-7-8-13)12-4-3-9-22-10-12/h2-6,9-11,13H,7-8H2,1H3,(H,23,27)/t11-/m0/s1. The van der Waals surface area contributed by atoms with E-state index in [0.29, 0.717) is 11.0 Å². The average Bonchev–Trinajstić information content (AvgIpc) is 3.45. The summed E-state index contributed by atoms with van der Waals surface area (Å²) in [5, 5.41) is 10.8. The second-order valence-electron chi connectivity index (χ2n) is 6.50. The van der Waals surface area contributed by atoms with Gasteiger partial charge in [-0.3, -0.25) is 14.3 Å². The molecule has 1 aromatic carbocycles. The SMILES string of the molecule is C[C@H](Sc1nnc(-c2cccnc2)n1C1CC1)C(=O)Nc1c(F)cccc1F. The molecule has 0 bridgehead atoms. The third-order valence-electron chi connectivity index (χ3n) is 4.36. The molecule has 0 saturated heterocycles. The van der Waals surface area contributed by atoms with Crippen molar-refractivity contribution in [3.8, 4) is 11.4 Å². The number of anilines is 1. The lowest BCUT2D eigenvalue weighted by atomic mass is 10.3. The molecule has 144 valence electrons. The Hall–Kier alpha value is -2.81. The number of benzene rings is 1. The van der Waals surface area contributed by atoms with Crippen LogP contribution in [-0.2, 0) is 4.79 Å². The predicted octanol–water partition coefficient (Wildman–Crippen LogP) is 4.07. The van der Waals surface area contributed by atoms with Gasteiger partial charge in [0.2, 0.25) is 5.91 Å². The molecule has 4 rings (SSSR count). The summed E-state index contributed by atoms with van der Waals surface area (Å²) >= 11 is 1.21. The first-order valence-electron chi connectivity index (χ1n) is 8.81. The maximum Gasteiger partial charge on any atom is 0.237 e. The summed E-state index contributed by atoms with van der Waals surface area (Å²) < 4.78 is 29.6. The molecule has 1 N–H and O–H groups in total. The summed E-state index contributed by atoms with van der Waals surface area (Å²) in [6.45, 7) is 1.66. The van der Waals surface area contributed by atoms with Crippen LogP contribution in [0.25, 0.3) is 11.4 Å². The zero-order valence-corrected chi connectivity index (χ0v) is 15.8. The average molecular weight is 401 g/mol. The van der Waals surface area contributed by atoms with Gasteiger partial charge in [-0.1, -0.05) is 17.8 Å². The van der Waals surface area contributed by atoms with Gasteiger partial charge in [0.25, 0.3) is 0 Å². The fourth-order valence-electron chi connectivity index (χ4n) is 2.76. The number of pyridine rings is 1. The zero-order chi connectivity index (χ0) is 19.7. The lowest BCUT2D eigenvalue weighted by Crippen LogP contribution is -2.24. The minimum absolute atomic E-state index is 0.284. The van der Waals surface area contributed by atoms with Gasteiger partial charge in [-0.05, 0) is 44.0 Å². The number of para-hydroxylation sites is 1. The molecule has 1 fully saturated rings. The van der Waals surface area contributed by atoms with E-state index in [9.17, 15) is 13.6 Å². The van der Waals surface area contributed by atoms with Gasteiger partial charge in [0.1, 0.15) is 17.3 Å². The van der Waals surface area contributed by atoms with Crippen molar-refractivity contribution in [2.24, 2.45) is 0 Å². The van der Waals surface area contributed by atoms with Crippen LogP contribution in [0, 0.1) is 11.6 Å². The van der Waals surface area contributed by atoms with Crippen molar-refractivity contribution < 1.29 is 13.6 Å². The molecule has 0 radical (unpaired) electrons. The zero-order valence-electron chi connectivity index (χ0n) is 15.0. The van der Waals surface area contributed by atoms with Crippen molar-refractivity contribution in [3.05, 3.63) is 54.4 Å². The first-order valence-corrected chi connectivity index (χ1v) is 9.69. The molecule has 1 saturated carbocycles. The van der Waals surface area contributed by atoms with Gasteiger partial charge in [0.15, 0.2) is 11.0 Å². The Balaban J connectivity index is 1.54.